The van der Waals surface area contributed by atoms with Gasteiger partial charge in [-0.1, -0.05) is 45.7 Å². The van der Waals surface area contributed by atoms with E-state index in [0.717, 1.165) is 22.3 Å². The fourth-order valence-corrected chi connectivity index (χ4v) is 3.36. The van der Waals surface area contributed by atoms with Crippen LogP contribution in [0.2, 0.25) is 5.02 Å². The molecule has 1 unspecified atom stereocenters. The van der Waals surface area contributed by atoms with E-state index in [0.29, 0.717) is 12.1 Å². The number of nitrogens with one attached hydrogen (secondary N) is 1. The monoisotopic (exact) mass is 349 g/mol. The van der Waals surface area contributed by atoms with Crippen molar-refractivity contribution < 1.29 is 0 Å². The van der Waals surface area contributed by atoms with Crippen LogP contribution >= 0.6 is 27.5 Å². The van der Waals surface area contributed by atoms with Crippen molar-refractivity contribution in [3.05, 3.63) is 68.7 Å². The van der Waals surface area contributed by atoms with E-state index in [9.17, 15) is 0 Å². The molecule has 0 fully saturated rings. The first-order valence-corrected chi connectivity index (χ1v) is 8.08. The van der Waals surface area contributed by atoms with Crippen LogP contribution in [-0.2, 0) is 12.8 Å². The van der Waals surface area contributed by atoms with Gasteiger partial charge in [-0.2, -0.15) is 0 Å². The van der Waals surface area contributed by atoms with Crippen LogP contribution in [0.5, 0.6) is 0 Å². The first-order chi connectivity index (χ1) is 9.61. The highest BCUT2D eigenvalue weighted by Crippen LogP contribution is 2.27. The van der Waals surface area contributed by atoms with Crippen molar-refractivity contribution in [2.24, 2.45) is 0 Å². The van der Waals surface area contributed by atoms with Crippen molar-refractivity contribution in [2.45, 2.75) is 31.8 Å². The molecule has 0 aliphatic heterocycles. The molecule has 104 valence electrons. The second kappa shape index (κ2) is 5.88. The molecule has 0 spiro atoms. The van der Waals surface area contributed by atoms with Gasteiger partial charge in [-0.3, -0.25) is 0 Å². The topological polar surface area (TPSA) is 12.0 Å². The molecule has 1 aliphatic carbocycles. The van der Waals surface area contributed by atoms with E-state index in [-0.39, 0.29) is 0 Å². The minimum Gasteiger partial charge on any atom is -0.307 e. The standard InChI is InChI=1S/C17H17BrClN/c1-11(12-2-5-15(18)6-3-12)20-17-9-13-4-7-16(19)8-14(13)10-17/h2-8,11,17,20H,9-10H2,1H3/t11-,17?/m0/s1. The Hall–Kier alpha value is -0.830. The number of rotatable bonds is 3. The van der Waals surface area contributed by atoms with E-state index in [2.05, 4.69) is 64.6 Å². The van der Waals surface area contributed by atoms with Crippen molar-refractivity contribution in [1.82, 2.24) is 5.32 Å². The molecule has 1 aliphatic rings. The highest BCUT2D eigenvalue weighted by Gasteiger charge is 2.22. The maximum Gasteiger partial charge on any atom is 0.0408 e. The molecule has 2 aromatic rings. The van der Waals surface area contributed by atoms with Crippen LogP contribution in [0.3, 0.4) is 0 Å². The molecule has 1 nitrogen and oxygen atoms in total. The van der Waals surface area contributed by atoms with Crippen molar-refractivity contribution in [3.63, 3.8) is 0 Å². The molecule has 2 aromatic carbocycles. The average molecular weight is 351 g/mol. The summed E-state index contributed by atoms with van der Waals surface area (Å²) in [7, 11) is 0. The smallest absolute Gasteiger partial charge is 0.0408 e. The first kappa shape index (κ1) is 14.1. The summed E-state index contributed by atoms with van der Waals surface area (Å²) in [4.78, 5) is 0. The molecule has 1 N–H and O–H groups in total. The zero-order valence-corrected chi connectivity index (χ0v) is 13.7. The van der Waals surface area contributed by atoms with E-state index in [1.807, 2.05) is 6.07 Å². The Morgan fingerprint density at radius 1 is 1.10 bits per heavy atom. The normalized spacial score (nSPS) is 18.9. The average Bonchev–Trinajstić information content (AvgIpc) is 2.80. The van der Waals surface area contributed by atoms with Gasteiger partial charge in [0.1, 0.15) is 0 Å². The number of hydrogen-bond donors (Lipinski definition) is 1. The van der Waals surface area contributed by atoms with E-state index in [1.165, 1.54) is 16.7 Å². The Bertz CT molecular complexity index is 609. The van der Waals surface area contributed by atoms with Gasteiger partial charge >= 0.3 is 0 Å². The van der Waals surface area contributed by atoms with Crippen molar-refractivity contribution >= 4 is 27.5 Å². The molecule has 20 heavy (non-hydrogen) atoms. The van der Waals surface area contributed by atoms with Gasteiger partial charge in [0.15, 0.2) is 0 Å². The zero-order valence-electron chi connectivity index (χ0n) is 11.4. The minimum absolute atomic E-state index is 0.359. The molecule has 0 saturated carbocycles. The number of hydrogen-bond acceptors (Lipinski definition) is 1. The van der Waals surface area contributed by atoms with Gasteiger partial charge in [0.25, 0.3) is 0 Å². The van der Waals surface area contributed by atoms with Gasteiger partial charge in [0.2, 0.25) is 0 Å². The maximum atomic E-state index is 6.06. The van der Waals surface area contributed by atoms with Crippen molar-refractivity contribution in [3.8, 4) is 0 Å². The quantitative estimate of drug-likeness (QED) is 0.828. The lowest BCUT2D eigenvalue weighted by molar-refractivity contribution is 0.467. The van der Waals surface area contributed by atoms with Crippen LogP contribution < -0.4 is 5.32 Å². The molecule has 2 atom stereocenters. The van der Waals surface area contributed by atoms with E-state index in [4.69, 9.17) is 11.6 Å². The van der Waals surface area contributed by atoms with E-state index in [1.54, 1.807) is 0 Å². The summed E-state index contributed by atoms with van der Waals surface area (Å²) in [5.41, 5.74) is 4.13. The van der Waals surface area contributed by atoms with E-state index < -0.39 is 0 Å². The molecule has 3 rings (SSSR count). The molecule has 0 saturated heterocycles. The lowest BCUT2D eigenvalue weighted by Gasteiger charge is -2.19. The summed E-state index contributed by atoms with van der Waals surface area (Å²) in [6, 6.07) is 15.6. The lowest BCUT2D eigenvalue weighted by Crippen LogP contribution is -2.32. The summed E-state index contributed by atoms with van der Waals surface area (Å²) < 4.78 is 1.12. The van der Waals surface area contributed by atoms with Crippen LogP contribution in [-0.4, -0.2) is 6.04 Å². The predicted molar refractivity (Wildman–Crippen MR) is 88.3 cm³/mol. The lowest BCUT2D eigenvalue weighted by atomic mass is 10.1. The van der Waals surface area contributed by atoms with Crippen LogP contribution in [0.4, 0.5) is 0 Å². The zero-order chi connectivity index (χ0) is 14.1. The molecular weight excluding hydrogens is 334 g/mol. The summed E-state index contributed by atoms with van der Waals surface area (Å²) >= 11 is 9.54. The van der Waals surface area contributed by atoms with Crippen LogP contribution in [0.15, 0.2) is 46.9 Å². The minimum atomic E-state index is 0.359. The highest BCUT2D eigenvalue weighted by molar-refractivity contribution is 9.10. The second-order valence-corrected chi connectivity index (χ2v) is 6.81. The third-order valence-corrected chi connectivity index (χ3v) is 4.72. The molecular formula is C17H17BrClN. The molecule has 0 radical (unpaired) electrons. The molecule has 0 amide bonds. The summed E-state index contributed by atoms with van der Waals surface area (Å²) in [6.45, 7) is 2.22. The molecule has 3 heteroatoms. The Labute approximate surface area is 133 Å². The molecule has 0 aromatic heterocycles. The predicted octanol–water partition coefficient (Wildman–Crippen LogP) is 4.92. The first-order valence-electron chi connectivity index (χ1n) is 6.90. The van der Waals surface area contributed by atoms with Crippen molar-refractivity contribution in [2.75, 3.05) is 0 Å². The maximum absolute atomic E-state index is 6.06. The summed E-state index contributed by atoms with van der Waals surface area (Å²) in [5, 5.41) is 4.56. The van der Waals surface area contributed by atoms with Gasteiger partial charge in [0.05, 0.1) is 0 Å². The van der Waals surface area contributed by atoms with Crippen LogP contribution in [0.25, 0.3) is 0 Å². The Kier molecular flexibility index (Phi) is 4.16. The third-order valence-electron chi connectivity index (χ3n) is 3.96. The fourth-order valence-electron chi connectivity index (χ4n) is 2.91. The van der Waals surface area contributed by atoms with Crippen LogP contribution in [0, 0.1) is 0 Å². The molecule has 0 bridgehead atoms. The highest BCUT2D eigenvalue weighted by atomic mass is 79.9. The largest absolute Gasteiger partial charge is 0.307 e. The third kappa shape index (κ3) is 3.08. The van der Waals surface area contributed by atoms with E-state index >= 15 is 0 Å². The van der Waals surface area contributed by atoms with Gasteiger partial charge < -0.3 is 5.32 Å². The SMILES string of the molecule is C[C@H](NC1Cc2ccc(Cl)cc2C1)c1ccc(Br)cc1. The Morgan fingerprint density at radius 2 is 1.80 bits per heavy atom. The van der Waals surface area contributed by atoms with Gasteiger partial charge in [0, 0.05) is 21.6 Å². The number of halogens is 2. The number of fused-ring (bicyclic) bond motifs is 1. The Morgan fingerprint density at radius 3 is 2.55 bits per heavy atom. The van der Waals surface area contributed by atoms with Gasteiger partial charge in [-0.25, -0.2) is 0 Å². The summed E-state index contributed by atoms with van der Waals surface area (Å²) in [6.07, 6.45) is 2.16. The summed E-state index contributed by atoms with van der Waals surface area (Å²) in [5.74, 6) is 0. The fraction of sp³-hybridized carbons (Fsp3) is 0.294. The Balaban J connectivity index is 1.67. The van der Waals surface area contributed by atoms with Gasteiger partial charge in [-0.15, -0.1) is 0 Å². The van der Waals surface area contributed by atoms with Gasteiger partial charge in [-0.05, 0) is 60.7 Å². The second-order valence-electron chi connectivity index (χ2n) is 5.46. The van der Waals surface area contributed by atoms with Crippen LogP contribution in [0.1, 0.15) is 29.7 Å². The molecule has 0 heterocycles. The number of benzene rings is 2. The van der Waals surface area contributed by atoms with Crippen molar-refractivity contribution in [1.29, 1.82) is 0 Å².